The van der Waals surface area contributed by atoms with Gasteiger partial charge in [0.15, 0.2) is 17.4 Å². The minimum atomic E-state index is -1.55. The average molecular weight is 476 g/mol. The fourth-order valence-electron chi connectivity index (χ4n) is 3.22. The summed E-state index contributed by atoms with van der Waals surface area (Å²) in [5.41, 5.74) is 0.186. The highest BCUT2D eigenvalue weighted by atomic mass is 19.2. The summed E-state index contributed by atoms with van der Waals surface area (Å²) in [6.45, 7) is 4.01. The number of hydrogen-bond donors (Lipinski definition) is 0. The molecule has 180 valence electrons. The van der Waals surface area contributed by atoms with Gasteiger partial charge in [-0.1, -0.05) is 19.1 Å². The highest BCUT2D eigenvalue weighted by Gasteiger charge is 2.26. The minimum Gasteiger partial charge on any atom is -0.494 e. The molecular formula is C26H24F4O4. The molecule has 0 radical (unpaired) electrons. The van der Waals surface area contributed by atoms with Crippen LogP contribution < -0.4 is 14.2 Å². The second kappa shape index (κ2) is 11.5. The number of benzene rings is 3. The quantitative estimate of drug-likeness (QED) is 0.146. The average Bonchev–Trinajstić information content (AvgIpc) is 2.84. The van der Waals surface area contributed by atoms with Crippen LogP contribution in [0.15, 0.2) is 48.5 Å². The van der Waals surface area contributed by atoms with Crippen LogP contribution in [0.25, 0.3) is 0 Å². The van der Waals surface area contributed by atoms with Gasteiger partial charge in [0.2, 0.25) is 11.6 Å². The summed E-state index contributed by atoms with van der Waals surface area (Å²) in [5, 5.41) is 0. The van der Waals surface area contributed by atoms with Gasteiger partial charge in [-0.3, -0.25) is 0 Å². The van der Waals surface area contributed by atoms with Gasteiger partial charge in [-0.25, -0.2) is 13.6 Å². The van der Waals surface area contributed by atoms with Crippen molar-refractivity contribution in [2.75, 3.05) is 13.2 Å². The number of ether oxygens (including phenoxy) is 3. The Labute approximate surface area is 195 Å². The van der Waals surface area contributed by atoms with Crippen molar-refractivity contribution in [2.45, 2.75) is 33.1 Å². The molecule has 0 fully saturated rings. The van der Waals surface area contributed by atoms with E-state index in [-0.39, 0.29) is 25.0 Å². The highest BCUT2D eigenvalue weighted by molar-refractivity contribution is 5.91. The van der Waals surface area contributed by atoms with E-state index < -0.39 is 40.6 Å². The fourth-order valence-corrected chi connectivity index (χ4v) is 3.22. The number of halogens is 4. The van der Waals surface area contributed by atoms with Crippen LogP contribution in [0.2, 0.25) is 0 Å². The predicted octanol–water partition coefficient (Wildman–Crippen LogP) is 6.43. The van der Waals surface area contributed by atoms with Crippen LogP contribution in [0.3, 0.4) is 0 Å². The normalized spacial score (nSPS) is 10.8. The van der Waals surface area contributed by atoms with E-state index in [9.17, 15) is 22.4 Å². The molecule has 0 aliphatic heterocycles. The summed E-state index contributed by atoms with van der Waals surface area (Å²) in [6.07, 6.45) is 0.235. The van der Waals surface area contributed by atoms with Crippen molar-refractivity contribution in [2.24, 2.45) is 0 Å². The van der Waals surface area contributed by atoms with Crippen LogP contribution in [0, 0.1) is 23.3 Å². The first-order valence-corrected chi connectivity index (χ1v) is 10.9. The van der Waals surface area contributed by atoms with Gasteiger partial charge in [-0.05, 0) is 68.1 Å². The maximum Gasteiger partial charge on any atom is 0.343 e. The first kappa shape index (κ1) is 25.1. The Balaban J connectivity index is 1.65. The third-order valence-electron chi connectivity index (χ3n) is 4.96. The SMILES string of the molecule is CCCOc1c(F)c(F)c(CCc2ccc(C(=O)Oc3ccc(OCC)cc3)cc2)c(F)c1F. The zero-order valence-electron chi connectivity index (χ0n) is 18.8. The molecule has 3 aromatic carbocycles. The second-order valence-corrected chi connectivity index (χ2v) is 7.40. The lowest BCUT2D eigenvalue weighted by atomic mass is 10.0. The van der Waals surface area contributed by atoms with E-state index in [2.05, 4.69) is 0 Å². The summed E-state index contributed by atoms with van der Waals surface area (Å²) in [6, 6.07) is 12.7. The lowest BCUT2D eigenvalue weighted by Crippen LogP contribution is -2.10. The number of hydrogen-bond acceptors (Lipinski definition) is 4. The number of rotatable bonds is 10. The van der Waals surface area contributed by atoms with Crippen molar-refractivity contribution >= 4 is 5.97 Å². The number of carbonyl (C=O) groups excluding carboxylic acids is 1. The maximum atomic E-state index is 14.3. The molecule has 0 unspecified atom stereocenters. The van der Waals surface area contributed by atoms with Crippen LogP contribution in [0.1, 0.15) is 41.8 Å². The Kier molecular flexibility index (Phi) is 8.51. The van der Waals surface area contributed by atoms with E-state index in [1.165, 1.54) is 12.1 Å². The van der Waals surface area contributed by atoms with Gasteiger partial charge in [0.1, 0.15) is 11.5 Å². The molecule has 0 aliphatic carbocycles. The zero-order valence-corrected chi connectivity index (χ0v) is 18.8. The first-order valence-electron chi connectivity index (χ1n) is 10.9. The third-order valence-corrected chi connectivity index (χ3v) is 4.96. The Hall–Kier alpha value is -3.55. The molecule has 4 nitrogen and oxygen atoms in total. The summed E-state index contributed by atoms with van der Waals surface area (Å²) in [5.74, 6) is -6.66. The van der Waals surface area contributed by atoms with Crippen LogP contribution >= 0.6 is 0 Å². The number of carbonyl (C=O) groups is 1. The summed E-state index contributed by atoms with van der Waals surface area (Å²) >= 11 is 0. The summed E-state index contributed by atoms with van der Waals surface area (Å²) < 4.78 is 72.5. The van der Waals surface area contributed by atoms with Crippen LogP contribution in [0.4, 0.5) is 17.6 Å². The standard InChI is InChI=1S/C26H24F4O4/c1-3-15-33-25-23(29)21(27)20(22(28)24(25)30)14-7-16-5-8-17(9-6-16)26(31)34-19-12-10-18(11-13-19)32-4-2/h5-6,8-13H,3-4,7,14-15H2,1-2H3. The topological polar surface area (TPSA) is 44.8 Å². The van der Waals surface area contributed by atoms with Crippen LogP contribution in [-0.2, 0) is 12.8 Å². The van der Waals surface area contributed by atoms with Gasteiger partial charge in [-0.2, -0.15) is 8.78 Å². The van der Waals surface area contributed by atoms with Gasteiger partial charge in [-0.15, -0.1) is 0 Å². The lowest BCUT2D eigenvalue weighted by molar-refractivity contribution is 0.0734. The van der Waals surface area contributed by atoms with Gasteiger partial charge >= 0.3 is 5.97 Å². The molecule has 0 heterocycles. The molecule has 0 aliphatic rings. The molecule has 8 heteroatoms. The second-order valence-electron chi connectivity index (χ2n) is 7.40. The number of esters is 1. The Morgan fingerprint density at radius 2 is 1.32 bits per heavy atom. The van der Waals surface area contributed by atoms with Gasteiger partial charge in [0, 0.05) is 5.56 Å². The maximum absolute atomic E-state index is 14.3. The molecule has 34 heavy (non-hydrogen) atoms. The number of aryl methyl sites for hydroxylation is 1. The van der Waals surface area contributed by atoms with E-state index in [1.54, 1.807) is 43.3 Å². The van der Waals surface area contributed by atoms with Crippen molar-refractivity contribution < 1.29 is 36.6 Å². The molecule has 3 rings (SSSR count). The largest absolute Gasteiger partial charge is 0.494 e. The smallest absolute Gasteiger partial charge is 0.343 e. The van der Waals surface area contributed by atoms with E-state index in [1.807, 2.05) is 6.92 Å². The van der Waals surface area contributed by atoms with E-state index >= 15 is 0 Å². The van der Waals surface area contributed by atoms with Crippen molar-refractivity contribution in [3.8, 4) is 17.2 Å². The molecule has 0 saturated heterocycles. The van der Waals surface area contributed by atoms with Crippen molar-refractivity contribution in [1.29, 1.82) is 0 Å². The van der Waals surface area contributed by atoms with E-state index in [4.69, 9.17) is 14.2 Å². The van der Waals surface area contributed by atoms with Gasteiger partial charge < -0.3 is 14.2 Å². The Morgan fingerprint density at radius 3 is 1.88 bits per heavy atom. The van der Waals surface area contributed by atoms with Crippen molar-refractivity contribution in [3.05, 3.63) is 88.5 Å². The molecule has 0 N–H and O–H groups in total. The Morgan fingerprint density at radius 1 is 0.735 bits per heavy atom. The molecular weight excluding hydrogens is 452 g/mol. The third kappa shape index (κ3) is 5.87. The fraction of sp³-hybridized carbons (Fsp3) is 0.269. The molecule has 0 bridgehead atoms. The molecule has 0 saturated carbocycles. The zero-order chi connectivity index (χ0) is 24.7. The summed E-state index contributed by atoms with van der Waals surface area (Å²) in [7, 11) is 0. The predicted molar refractivity (Wildman–Crippen MR) is 118 cm³/mol. The van der Waals surface area contributed by atoms with Gasteiger partial charge in [0.25, 0.3) is 0 Å². The van der Waals surface area contributed by atoms with Crippen molar-refractivity contribution in [3.63, 3.8) is 0 Å². The van der Waals surface area contributed by atoms with E-state index in [0.29, 0.717) is 30.1 Å². The Bertz CT molecular complexity index is 1100. The molecule has 3 aromatic rings. The monoisotopic (exact) mass is 476 g/mol. The van der Waals surface area contributed by atoms with Crippen LogP contribution in [0.5, 0.6) is 17.2 Å². The minimum absolute atomic E-state index is 0.0700. The first-order chi connectivity index (χ1) is 16.3. The molecule has 0 atom stereocenters. The highest BCUT2D eigenvalue weighted by Crippen LogP contribution is 2.31. The summed E-state index contributed by atoms with van der Waals surface area (Å²) in [4.78, 5) is 12.3. The van der Waals surface area contributed by atoms with E-state index in [0.717, 1.165) is 0 Å². The van der Waals surface area contributed by atoms with Crippen molar-refractivity contribution in [1.82, 2.24) is 0 Å². The lowest BCUT2D eigenvalue weighted by Gasteiger charge is -2.13. The molecule has 0 aromatic heterocycles. The molecule has 0 spiro atoms. The van der Waals surface area contributed by atoms with Crippen LogP contribution in [-0.4, -0.2) is 19.2 Å². The molecule has 0 amide bonds. The van der Waals surface area contributed by atoms with Gasteiger partial charge in [0.05, 0.1) is 18.8 Å².